The first-order chi connectivity index (χ1) is 10.1. The summed E-state index contributed by atoms with van der Waals surface area (Å²) in [5.74, 6) is 0.745. The molecule has 0 atom stereocenters. The average Bonchev–Trinajstić information content (AvgIpc) is 2.47. The molecule has 0 saturated heterocycles. The minimum Gasteiger partial charge on any atom is -0.497 e. The van der Waals surface area contributed by atoms with Gasteiger partial charge in [-0.05, 0) is 31.8 Å². The number of ether oxygens (including phenoxy) is 1. The number of nitrogens with one attached hydrogen (secondary N) is 1. The van der Waals surface area contributed by atoms with Crippen molar-refractivity contribution in [3.8, 4) is 16.9 Å². The molecule has 21 heavy (non-hydrogen) atoms. The molecule has 1 N–H and O–H groups in total. The number of carbonyl (C=O) groups is 1. The Labute approximate surface area is 125 Å². The second-order valence-electron chi connectivity index (χ2n) is 4.97. The van der Waals surface area contributed by atoms with Gasteiger partial charge < -0.3 is 15.0 Å². The summed E-state index contributed by atoms with van der Waals surface area (Å²) in [6.07, 6.45) is 0. The maximum Gasteiger partial charge on any atom is 0.238 e. The lowest BCUT2D eigenvalue weighted by Crippen LogP contribution is -2.27. The number of likely N-dealkylation sites (N-methyl/N-ethyl adjacent to an activating group) is 1. The molecule has 0 fully saturated rings. The first kappa shape index (κ1) is 15.1. The molecular formula is C17H19N2O2. The molecular weight excluding hydrogens is 264 g/mol. The van der Waals surface area contributed by atoms with Crippen LogP contribution in [0.3, 0.4) is 0 Å². The van der Waals surface area contributed by atoms with Gasteiger partial charge in [0.2, 0.25) is 5.91 Å². The molecule has 2 rings (SSSR count). The molecule has 0 aliphatic rings. The molecule has 4 heteroatoms. The van der Waals surface area contributed by atoms with Gasteiger partial charge in [-0.2, -0.15) is 0 Å². The maximum atomic E-state index is 11.9. The van der Waals surface area contributed by atoms with Gasteiger partial charge in [0.05, 0.1) is 19.3 Å². The molecule has 0 aliphatic carbocycles. The third-order valence-corrected chi connectivity index (χ3v) is 2.98. The lowest BCUT2D eigenvalue weighted by atomic mass is 10.0. The summed E-state index contributed by atoms with van der Waals surface area (Å²) >= 11 is 0. The Bertz CT molecular complexity index is 606. The van der Waals surface area contributed by atoms with Crippen molar-refractivity contribution in [1.82, 2.24) is 4.90 Å². The van der Waals surface area contributed by atoms with Crippen molar-refractivity contribution in [3.05, 3.63) is 48.5 Å². The van der Waals surface area contributed by atoms with Crippen molar-refractivity contribution in [1.29, 1.82) is 0 Å². The fourth-order valence-corrected chi connectivity index (χ4v) is 2.02. The van der Waals surface area contributed by atoms with Gasteiger partial charge in [0.1, 0.15) is 5.75 Å². The minimum absolute atomic E-state index is 0.0581. The second kappa shape index (κ2) is 6.90. The number of nitrogens with zero attached hydrogens (tertiary/aromatic N) is 1. The van der Waals surface area contributed by atoms with Crippen LogP contribution in [0.15, 0.2) is 42.5 Å². The van der Waals surface area contributed by atoms with Crippen LogP contribution in [0.25, 0.3) is 11.1 Å². The topological polar surface area (TPSA) is 41.6 Å². The highest BCUT2D eigenvalue weighted by Crippen LogP contribution is 2.28. The van der Waals surface area contributed by atoms with Crippen molar-refractivity contribution in [2.45, 2.75) is 0 Å². The van der Waals surface area contributed by atoms with Crippen molar-refractivity contribution < 1.29 is 9.53 Å². The Hall–Kier alpha value is -2.33. The number of hydrogen-bond donors (Lipinski definition) is 1. The quantitative estimate of drug-likeness (QED) is 0.917. The van der Waals surface area contributed by atoms with E-state index < -0.39 is 0 Å². The van der Waals surface area contributed by atoms with Crippen LogP contribution in [0.5, 0.6) is 5.75 Å². The monoisotopic (exact) mass is 283 g/mol. The number of rotatable bonds is 5. The summed E-state index contributed by atoms with van der Waals surface area (Å²) in [6.45, 7) is 0.338. The molecule has 109 valence electrons. The summed E-state index contributed by atoms with van der Waals surface area (Å²) in [4.78, 5) is 13.7. The number of carbonyl (C=O) groups excluding carboxylic acids is 1. The Morgan fingerprint density at radius 2 is 1.95 bits per heavy atom. The summed E-state index contributed by atoms with van der Waals surface area (Å²) in [6, 6.07) is 16.5. The molecule has 2 aromatic rings. The number of hydrogen-bond acceptors (Lipinski definition) is 3. The molecule has 0 heterocycles. The van der Waals surface area contributed by atoms with Gasteiger partial charge in [0, 0.05) is 11.6 Å². The summed E-state index contributed by atoms with van der Waals surface area (Å²) in [7, 11) is 5.36. The molecule has 4 nitrogen and oxygen atoms in total. The van der Waals surface area contributed by atoms with Gasteiger partial charge in [-0.3, -0.25) is 4.79 Å². The van der Waals surface area contributed by atoms with Gasteiger partial charge in [0.25, 0.3) is 0 Å². The molecule has 1 amide bonds. The van der Waals surface area contributed by atoms with Gasteiger partial charge in [-0.25, -0.2) is 0 Å². The number of benzene rings is 2. The zero-order valence-electron chi connectivity index (χ0n) is 12.5. The molecule has 0 aromatic heterocycles. The van der Waals surface area contributed by atoms with E-state index in [0.717, 1.165) is 16.9 Å². The van der Waals surface area contributed by atoms with E-state index in [0.29, 0.717) is 12.2 Å². The van der Waals surface area contributed by atoms with E-state index in [2.05, 4.69) is 11.4 Å². The van der Waals surface area contributed by atoms with Crippen LogP contribution in [-0.4, -0.2) is 38.6 Å². The molecule has 2 aromatic carbocycles. The van der Waals surface area contributed by atoms with E-state index in [9.17, 15) is 4.79 Å². The fraction of sp³-hybridized carbons (Fsp3) is 0.235. The smallest absolute Gasteiger partial charge is 0.238 e. The average molecular weight is 283 g/mol. The Morgan fingerprint density at radius 1 is 1.24 bits per heavy atom. The molecule has 0 saturated carbocycles. The van der Waals surface area contributed by atoms with Gasteiger partial charge in [-0.1, -0.05) is 30.3 Å². The largest absolute Gasteiger partial charge is 0.497 e. The summed E-state index contributed by atoms with van der Waals surface area (Å²) in [5, 5.41) is 2.90. The standard InChI is InChI=1S/C17H19N2O2/c1-19(2)12-17(20)18-16-7-5-4-6-15(16)13-8-10-14(21-3)11-9-13/h4-6,8-11H,12H2,1-3H3,(H,18,20). The third kappa shape index (κ3) is 4.07. The first-order valence-corrected chi connectivity index (χ1v) is 6.70. The molecule has 0 unspecified atom stereocenters. The van der Waals surface area contributed by atoms with E-state index in [4.69, 9.17) is 4.74 Å². The maximum absolute atomic E-state index is 11.9. The SMILES string of the molecule is COc1ccc(-c2ccc[c]c2NC(=O)CN(C)C)cc1. The minimum atomic E-state index is -0.0581. The van der Waals surface area contributed by atoms with Crippen LogP contribution < -0.4 is 10.1 Å². The normalized spacial score (nSPS) is 10.5. The molecule has 1 radical (unpaired) electrons. The summed E-state index contributed by atoms with van der Waals surface area (Å²) in [5.41, 5.74) is 2.63. The van der Waals surface area contributed by atoms with Crippen molar-refractivity contribution >= 4 is 11.6 Å². The fourth-order valence-electron chi connectivity index (χ4n) is 2.02. The Kier molecular flexibility index (Phi) is 4.95. The van der Waals surface area contributed by atoms with Crippen LogP contribution >= 0.6 is 0 Å². The predicted molar refractivity (Wildman–Crippen MR) is 84.4 cm³/mol. The Balaban J connectivity index is 2.25. The van der Waals surface area contributed by atoms with Crippen molar-refractivity contribution in [2.75, 3.05) is 33.1 Å². The highest BCUT2D eigenvalue weighted by atomic mass is 16.5. The highest BCUT2D eigenvalue weighted by molar-refractivity contribution is 5.96. The van der Waals surface area contributed by atoms with Crippen molar-refractivity contribution in [2.24, 2.45) is 0 Å². The lowest BCUT2D eigenvalue weighted by molar-refractivity contribution is -0.116. The number of anilines is 1. The van der Waals surface area contributed by atoms with Gasteiger partial charge >= 0.3 is 0 Å². The van der Waals surface area contributed by atoms with Crippen LogP contribution in [0.1, 0.15) is 0 Å². The van der Waals surface area contributed by atoms with E-state index >= 15 is 0 Å². The van der Waals surface area contributed by atoms with E-state index in [-0.39, 0.29) is 5.91 Å². The Morgan fingerprint density at radius 3 is 2.57 bits per heavy atom. The van der Waals surface area contributed by atoms with Crippen LogP contribution in [0.2, 0.25) is 0 Å². The zero-order valence-corrected chi connectivity index (χ0v) is 12.5. The number of methoxy groups -OCH3 is 1. The molecule has 0 aliphatic heterocycles. The van der Waals surface area contributed by atoms with E-state index in [1.807, 2.05) is 55.4 Å². The van der Waals surface area contributed by atoms with Crippen LogP contribution in [0.4, 0.5) is 5.69 Å². The van der Waals surface area contributed by atoms with Crippen LogP contribution in [0, 0.1) is 6.07 Å². The number of para-hydroxylation sites is 1. The zero-order chi connectivity index (χ0) is 15.2. The van der Waals surface area contributed by atoms with Crippen molar-refractivity contribution in [3.63, 3.8) is 0 Å². The van der Waals surface area contributed by atoms with Gasteiger partial charge in [0.15, 0.2) is 0 Å². The van der Waals surface area contributed by atoms with Crippen LogP contribution in [-0.2, 0) is 4.79 Å². The van der Waals surface area contributed by atoms with E-state index in [1.54, 1.807) is 13.2 Å². The predicted octanol–water partition coefficient (Wildman–Crippen LogP) is 2.66. The first-order valence-electron chi connectivity index (χ1n) is 6.70. The van der Waals surface area contributed by atoms with E-state index in [1.165, 1.54) is 0 Å². The lowest BCUT2D eigenvalue weighted by Gasteiger charge is -2.13. The molecule has 0 spiro atoms. The second-order valence-corrected chi connectivity index (χ2v) is 4.97. The highest BCUT2D eigenvalue weighted by Gasteiger charge is 2.09. The summed E-state index contributed by atoms with van der Waals surface area (Å²) < 4.78 is 5.16. The van der Waals surface area contributed by atoms with Gasteiger partial charge in [-0.15, -0.1) is 0 Å². The third-order valence-electron chi connectivity index (χ3n) is 2.98. The number of amides is 1. The molecule has 0 bridgehead atoms.